The zero-order valence-corrected chi connectivity index (χ0v) is 17.1. The molecule has 3 aliphatic rings. The number of carbonyl (C=O) groups is 2. The third-order valence-corrected chi connectivity index (χ3v) is 6.72. The Labute approximate surface area is 171 Å². The molecule has 2 amide bonds. The molecule has 3 rings (SSSR count). The number of halogens is 2. The second kappa shape index (κ2) is 9.22. The Morgan fingerprint density at radius 1 is 0.931 bits per heavy atom. The first-order valence-corrected chi connectivity index (χ1v) is 10.8. The van der Waals surface area contributed by atoms with Crippen LogP contribution in [-0.2, 0) is 9.59 Å². The van der Waals surface area contributed by atoms with Gasteiger partial charge in [0.15, 0.2) is 0 Å². The summed E-state index contributed by atoms with van der Waals surface area (Å²) >= 11 is 0. The summed E-state index contributed by atoms with van der Waals surface area (Å²) < 4.78 is 26.7. The van der Waals surface area contributed by atoms with Crippen LogP contribution in [0, 0.1) is 5.92 Å². The number of piperidine rings is 2. The van der Waals surface area contributed by atoms with Gasteiger partial charge in [0.05, 0.1) is 12.1 Å². The van der Waals surface area contributed by atoms with E-state index in [2.05, 4.69) is 4.90 Å². The topological polar surface area (TPSA) is 90.1 Å². The van der Waals surface area contributed by atoms with E-state index in [0.717, 1.165) is 0 Å². The van der Waals surface area contributed by atoms with E-state index >= 15 is 0 Å². The fourth-order valence-corrected chi connectivity index (χ4v) is 4.71. The van der Waals surface area contributed by atoms with Crippen LogP contribution in [0.2, 0.25) is 0 Å². The molecule has 0 spiro atoms. The van der Waals surface area contributed by atoms with Gasteiger partial charge >= 0.3 is 0 Å². The maximum atomic E-state index is 13.4. The molecule has 29 heavy (non-hydrogen) atoms. The van der Waals surface area contributed by atoms with Crippen molar-refractivity contribution >= 4 is 11.8 Å². The van der Waals surface area contributed by atoms with Crippen LogP contribution in [0.3, 0.4) is 0 Å². The molecule has 3 fully saturated rings. The van der Waals surface area contributed by atoms with Crippen molar-refractivity contribution in [1.29, 1.82) is 0 Å². The normalized spacial score (nSPS) is 30.1. The number of β-amino-alcohol motifs (C(OH)–C–C–N with tert-alkyl or cyclic N) is 1. The van der Waals surface area contributed by atoms with E-state index in [1.807, 2.05) is 9.80 Å². The van der Waals surface area contributed by atoms with E-state index in [-0.39, 0.29) is 30.6 Å². The van der Waals surface area contributed by atoms with Crippen LogP contribution in [0.1, 0.15) is 44.9 Å². The maximum absolute atomic E-state index is 13.4. The number of hydrogen-bond donors (Lipinski definition) is 2. The molecule has 1 unspecified atom stereocenters. The summed E-state index contributed by atoms with van der Waals surface area (Å²) in [6, 6.07) is 0. The third-order valence-electron chi connectivity index (χ3n) is 6.72. The van der Waals surface area contributed by atoms with Gasteiger partial charge in [-0.3, -0.25) is 14.5 Å². The minimum atomic E-state index is -2.59. The van der Waals surface area contributed by atoms with Crippen LogP contribution < -0.4 is 5.73 Å². The second-order valence-electron chi connectivity index (χ2n) is 9.04. The van der Waals surface area contributed by atoms with Gasteiger partial charge in [-0.05, 0) is 45.2 Å². The summed E-state index contributed by atoms with van der Waals surface area (Å²) in [4.78, 5) is 29.8. The molecule has 0 aromatic carbocycles. The summed E-state index contributed by atoms with van der Waals surface area (Å²) in [6.45, 7) is 3.80. The molecule has 3 N–H and O–H groups in total. The molecule has 9 heteroatoms. The number of hydrogen-bond acceptors (Lipinski definition) is 5. The third kappa shape index (κ3) is 6.33. The number of nitrogens with zero attached hydrogens (tertiary/aromatic N) is 3. The monoisotopic (exact) mass is 416 g/mol. The van der Waals surface area contributed by atoms with Gasteiger partial charge in [-0.2, -0.15) is 0 Å². The fraction of sp³-hybridized carbons (Fsp3) is 0.900. The quantitative estimate of drug-likeness (QED) is 0.687. The standard InChI is InChI=1S/C20H34F2N4O3/c21-20(22)6-11-25(12-7-20)15-19(29)4-1-8-26(13-5-19)17(27)14-24-9-2-16(3-10-24)18(23)28/h16,29H,1-15H2,(H2,23,28). The summed E-state index contributed by atoms with van der Waals surface area (Å²) in [5.41, 5.74) is 4.43. The fourth-order valence-electron chi connectivity index (χ4n) is 4.71. The van der Waals surface area contributed by atoms with E-state index in [1.54, 1.807) is 0 Å². The van der Waals surface area contributed by atoms with Crippen LogP contribution >= 0.6 is 0 Å². The molecule has 3 aliphatic heterocycles. The highest BCUT2D eigenvalue weighted by atomic mass is 19.3. The molecule has 0 aromatic heterocycles. The Morgan fingerprint density at radius 3 is 2.21 bits per heavy atom. The van der Waals surface area contributed by atoms with Gasteiger partial charge in [0.25, 0.3) is 5.92 Å². The Kier molecular flexibility index (Phi) is 7.11. The Morgan fingerprint density at radius 2 is 1.59 bits per heavy atom. The predicted molar refractivity (Wildman–Crippen MR) is 104 cm³/mol. The van der Waals surface area contributed by atoms with Crippen LogP contribution in [0.15, 0.2) is 0 Å². The molecule has 3 heterocycles. The number of rotatable bonds is 5. The first-order chi connectivity index (χ1) is 13.7. The summed E-state index contributed by atoms with van der Waals surface area (Å²) in [6.07, 6.45) is 2.83. The molecule has 0 aliphatic carbocycles. The molecule has 1 atom stereocenters. The molecule has 7 nitrogen and oxygen atoms in total. The number of primary amides is 1. The van der Waals surface area contributed by atoms with Crippen molar-refractivity contribution in [3.8, 4) is 0 Å². The average Bonchev–Trinajstić information content (AvgIpc) is 2.86. The zero-order valence-electron chi connectivity index (χ0n) is 17.1. The molecule has 0 radical (unpaired) electrons. The molecule has 0 bridgehead atoms. The number of alkyl halides is 2. The van der Waals surface area contributed by atoms with E-state index in [4.69, 9.17) is 5.73 Å². The summed E-state index contributed by atoms with van der Waals surface area (Å²) in [5.74, 6) is -2.90. The van der Waals surface area contributed by atoms with Crippen LogP contribution in [0.5, 0.6) is 0 Å². The molecule has 0 saturated carbocycles. The van der Waals surface area contributed by atoms with Crippen LogP contribution in [0.25, 0.3) is 0 Å². The smallest absolute Gasteiger partial charge is 0.250 e. The van der Waals surface area contributed by atoms with Gasteiger partial charge in [-0.25, -0.2) is 8.78 Å². The second-order valence-corrected chi connectivity index (χ2v) is 9.04. The summed E-state index contributed by atoms with van der Waals surface area (Å²) in [7, 11) is 0. The van der Waals surface area contributed by atoms with Gasteiger partial charge in [0, 0.05) is 51.5 Å². The SMILES string of the molecule is NC(=O)C1CCN(CC(=O)N2CCCC(O)(CN3CCC(F)(F)CC3)CC2)CC1. The van der Waals surface area contributed by atoms with E-state index in [9.17, 15) is 23.5 Å². The molecular weight excluding hydrogens is 382 g/mol. The Hall–Kier alpha value is -1.32. The van der Waals surface area contributed by atoms with Crippen molar-refractivity contribution in [2.45, 2.75) is 56.5 Å². The molecule has 166 valence electrons. The lowest BCUT2D eigenvalue weighted by Gasteiger charge is -2.37. The highest BCUT2D eigenvalue weighted by Crippen LogP contribution is 2.30. The first-order valence-electron chi connectivity index (χ1n) is 10.8. The van der Waals surface area contributed by atoms with Crippen molar-refractivity contribution in [1.82, 2.24) is 14.7 Å². The van der Waals surface area contributed by atoms with Gasteiger partial charge in [-0.1, -0.05) is 0 Å². The highest BCUT2D eigenvalue weighted by molar-refractivity contribution is 5.78. The minimum absolute atomic E-state index is 0.0457. The van der Waals surface area contributed by atoms with Crippen LogP contribution in [-0.4, -0.2) is 95.5 Å². The molecule has 0 aromatic rings. The number of likely N-dealkylation sites (tertiary alicyclic amines) is 3. The largest absolute Gasteiger partial charge is 0.388 e. The highest BCUT2D eigenvalue weighted by Gasteiger charge is 2.38. The predicted octanol–water partition coefficient (Wildman–Crippen LogP) is 0.658. The number of aliphatic hydroxyl groups is 1. The van der Waals surface area contributed by atoms with Crippen molar-refractivity contribution in [2.24, 2.45) is 11.7 Å². The van der Waals surface area contributed by atoms with Crippen LogP contribution in [0.4, 0.5) is 8.78 Å². The number of nitrogens with two attached hydrogens (primary N) is 1. The molecular formula is C20H34F2N4O3. The molecule has 3 saturated heterocycles. The van der Waals surface area contributed by atoms with E-state index < -0.39 is 11.5 Å². The van der Waals surface area contributed by atoms with Crippen molar-refractivity contribution in [2.75, 3.05) is 52.4 Å². The van der Waals surface area contributed by atoms with Gasteiger partial charge in [0.2, 0.25) is 11.8 Å². The minimum Gasteiger partial charge on any atom is -0.388 e. The number of amides is 2. The lowest BCUT2D eigenvalue weighted by atomic mass is 9.93. The van der Waals surface area contributed by atoms with Gasteiger partial charge in [-0.15, -0.1) is 0 Å². The maximum Gasteiger partial charge on any atom is 0.250 e. The Balaban J connectivity index is 1.44. The van der Waals surface area contributed by atoms with Crippen molar-refractivity contribution in [3.05, 3.63) is 0 Å². The van der Waals surface area contributed by atoms with Crippen molar-refractivity contribution in [3.63, 3.8) is 0 Å². The van der Waals surface area contributed by atoms with Crippen molar-refractivity contribution < 1.29 is 23.5 Å². The first kappa shape index (κ1) is 22.4. The van der Waals surface area contributed by atoms with E-state index in [0.29, 0.717) is 84.5 Å². The van der Waals surface area contributed by atoms with Gasteiger partial charge in [0.1, 0.15) is 0 Å². The van der Waals surface area contributed by atoms with Gasteiger partial charge < -0.3 is 20.6 Å². The lowest BCUT2D eigenvalue weighted by molar-refractivity contribution is -0.133. The Bertz CT molecular complexity index is 588. The number of carbonyl (C=O) groups excluding carboxylic acids is 2. The summed E-state index contributed by atoms with van der Waals surface area (Å²) in [5, 5.41) is 11.0. The average molecular weight is 417 g/mol. The zero-order chi connectivity index (χ0) is 21.1. The van der Waals surface area contributed by atoms with E-state index in [1.165, 1.54) is 0 Å². The lowest BCUT2D eigenvalue weighted by Crippen LogP contribution is -2.49.